The number of nitrogens with zero attached hydrogens (tertiary/aromatic N) is 2. The van der Waals surface area contributed by atoms with Gasteiger partial charge in [0.25, 0.3) is 0 Å². The smallest absolute Gasteiger partial charge is 0.227 e. The topological polar surface area (TPSA) is 58.6 Å². The largest absolute Gasteiger partial charge is 0.506 e. The van der Waals surface area contributed by atoms with Gasteiger partial charge >= 0.3 is 0 Å². The molecule has 0 atom stereocenters. The van der Waals surface area contributed by atoms with Gasteiger partial charge in [-0.3, -0.25) is 4.99 Å². The maximum absolute atomic E-state index is 10.1. The van der Waals surface area contributed by atoms with Gasteiger partial charge in [-0.1, -0.05) is 29.3 Å². The average Bonchev–Trinajstić information content (AvgIpc) is 3.07. The van der Waals surface area contributed by atoms with Gasteiger partial charge in [-0.25, -0.2) is 4.98 Å². The first-order valence-corrected chi connectivity index (χ1v) is 9.36. The summed E-state index contributed by atoms with van der Waals surface area (Å²) in [6.07, 6.45) is 1.56. The zero-order valence-corrected chi connectivity index (χ0v) is 16.6. The van der Waals surface area contributed by atoms with Crippen molar-refractivity contribution in [3.8, 4) is 17.2 Å². The molecule has 0 aliphatic rings. The Labute approximate surface area is 169 Å². The van der Waals surface area contributed by atoms with Gasteiger partial charge in [0.15, 0.2) is 5.58 Å². The molecular formula is C21H14BrClN2O2. The Morgan fingerprint density at radius 1 is 1.11 bits per heavy atom. The predicted octanol–water partition coefficient (Wildman–Crippen LogP) is 6.68. The van der Waals surface area contributed by atoms with E-state index < -0.39 is 0 Å². The van der Waals surface area contributed by atoms with Crippen molar-refractivity contribution in [1.29, 1.82) is 0 Å². The number of hydrogen-bond acceptors (Lipinski definition) is 4. The Morgan fingerprint density at radius 2 is 1.89 bits per heavy atom. The fourth-order valence-corrected chi connectivity index (χ4v) is 3.48. The van der Waals surface area contributed by atoms with E-state index in [1.54, 1.807) is 18.3 Å². The summed E-state index contributed by atoms with van der Waals surface area (Å²) < 4.78 is 6.36. The van der Waals surface area contributed by atoms with Crippen molar-refractivity contribution in [3.63, 3.8) is 0 Å². The number of aryl methyl sites for hydroxylation is 1. The van der Waals surface area contributed by atoms with Crippen LogP contribution in [0, 0.1) is 6.92 Å². The number of fused-ring (bicyclic) bond motifs is 1. The summed E-state index contributed by atoms with van der Waals surface area (Å²) in [5, 5.41) is 10.6. The number of phenolic OH excluding ortho intramolecular Hbond substituents is 1. The van der Waals surface area contributed by atoms with Crippen LogP contribution in [0.3, 0.4) is 0 Å². The molecule has 1 heterocycles. The highest BCUT2D eigenvalue weighted by molar-refractivity contribution is 9.10. The van der Waals surface area contributed by atoms with Gasteiger partial charge in [0.2, 0.25) is 5.89 Å². The van der Waals surface area contributed by atoms with E-state index in [0.717, 1.165) is 11.1 Å². The van der Waals surface area contributed by atoms with E-state index in [1.165, 1.54) is 5.56 Å². The molecule has 0 unspecified atom stereocenters. The number of halogens is 2. The van der Waals surface area contributed by atoms with Crippen LogP contribution in [-0.4, -0.2) is 16.3 Å². The summed E-state index contributed by atoms with van der Waals surface area (Å²) in [5.74, 6) is 0.662. The zero-order valence-electron chi connectivity index (χ0n) is 14.3. The zero-order chi connectivity index (χ0) is 19.0. The van der Waals surface area contributed by atoms with Crippen molar-refractivity contribution in [1.82, 2.24) is 4.98 Å². The van der Waals surface area contributed by atoms with Crippen molar-refractivity contribution in [2.24, 2.45) is 4.99 Å². The van der Waals surface area contributed by atoms with E-state index in [1.807, 2.05) is 49.4 Å². The van der Waals surface area contributed by atoms with Crippen molar-refractivity contribution in [2.45, 2.75) is 6.92 Å². The van der Waals surface area contributed by atoms with Crippen LogP contribution in [0.25, 0.3) is 22.6 Å². The number of rotatable bonds is 3. The SMILES string of the molecule is Cc1ccc(-c2nc3cc(N=Cc4cc(Cl)cc(Br)c4O)ccc3o2)cc1. The number of phenols is 1. The predicted molar refractivity (Wildman–Crippen MR) is 112 cm³/mol. The molecule has 1 N–H and O–H groups in total. The Bertz CT molecular complexity index is 1170. The normalized spacial score (nSPS) is 11.5. The number of aromatic nitrogens is 1. The van der Waals surface area contributed by atoms with Gasteiger partial charge < -0.3 is 9.52 Å². The highest BCUT2D eigenvalue weighted by atomic mass is 79.9. The molecule has 1 aromatic heterocycles. The van der Waals surface area contributed by atoms with E-state index >= 15 is 0 Å². The lowest BCUT2D eigenvalue weighted by molar-refractivity contribution is 0.471. The molecule has 0 radical (unpaired) electrons. The number of aliphatic imine (C=N–C) groups is 1. The van der Waals surface area contributed by atoms with Crippen molar-refractivity contribution < 1.29 is 9.52 Å². The number of aromatic hydroxyl groups is 1. The first-order valence-electron chi connectivity index (χ1n) is 8.19. The summed E-state index contributed by atoms with van der Waals surface area (Å²) in [7, 11) is 0. The molecule has 0 bridgehead atoms. The molecule has 0 saturated carbocycles. The molecule has 134 valence electrons. The highest BCUT2D eigenvalue weighted by Gasteiger charge is 2.09. The minimum absolute atomic E-state index is 0.0901. The fourth-order valence-electron chi connectivity index (χ4n) is 2.64. The first kappa shape index (κ1) is 17.8. The van der Waals surface area contributed by atoms with Crippen LogP contribution in [0.4, 0.5) is 5.69 Å². The van der Waals surface area contributed by atoms with E-state index in [4.69, 9.17) is 16.0 Å². The monoisotopic (exact) mass is 440 g/mol. The van der Waals surface area contributed by atoms with Gasteiger partial charge in [0, 0.05) is 22.4 Å². The van der Waals surface area contributed by atoms with Crippen molar-refractivity contribution in [2.75, 3.05) is 0 Å². The van der Waals surface area contributed by atoms with Crippen LogP contribution in [-0.2, 0) is 0 Å². The Hall–Kier alpha value is -2.63. The van der Waals surface area contributed by atoms with E-state index in [9.17, 15) is 5.11 Å². The third-order valence-corrected chi connectivity index (χ3v) is 4.90. The quantitative estimate of drug-likeness (QED) is 0.361. The summed E-state index contributed by atoms with van der Waals surface area (Å²) in [6, 6.07) is 16.8. The summed E-state index contributed by atoms with van der Waals surface area (Å²) in [5.41, 5.74) is 4.74. The molecule has 0 aliphatic carbocycles. The average molecular weight is 442 g/mol. The number of hydrogen-bond donors (Lipinski definition) is 1. The maximum Gasteiger partial charge on any atom is 0.227 e. The van der Waals surface area contributed by atoms with E-state index in [2.05, 4.69) is 25.9 Å². The van der Waals surface area contributed by atoms with Gasteiger partial charge in [-0.15, -0.1) is 0 Å². The van der Waals surface area contributed by atoms with Gasteiger partial charge in [-0.05, 0) is 65.3 Å². The minimum Gasteiger partial charge on any atom is -0.506 e. The fraction of sp³-hybridized carbons (Fsp3) is 0.0476. The lowest BCUT2D eigenvalue weighted by Crippen LogP contribution is -1.84. The Balaban J connectivity index is 1.67. The molecule has 6 heteroatoms. The second kappa shape index (κ2) is 7.18. The third-order valence-electron chi connectivity index (χ3n) is 4.08. The highest BCUT2D eigenvalue weighted by Crippen LogP contribution is 2.31. The molecule has 4 rings (SSSR count). The number of benzene rings is 3. The standard InChI is InChI=1S/C21H14BrClN2O2/c1-12-2-4-13(5-3-12)21-25-18-10-16(6-7-19(18)27-21)24-11-14-8-15(23)9-17(22)20(14)26/h2-11,26H,1H3. The van der Waals surface area contributed by atoms with Crippen LogP contribution in [0.2, 0.25) is 5.02 Å². The summed E-state index contributed by atoms with van der Waals surface area (Å²) in [6.45, 7) is 2.04. The maximum atomic E-state index is 10.1. The van der Waals surface area contributed by atoms with Crippen molar-refractivity contribution >= 4 is 50.5 Å². The Kier molecular flexibility index (Phi) is 4.72. The summed E-state index contributed by atoms with van der Waals surface area (Å²) in [4.78, 5) is 8.97. The molecule has 4 nitrogen and oxygen atoms in total. The molecule has 0 fully saturated rings. The molecule has 0 amide bonds. The van der Waals surface area contributed by atoms with E-state index in [-0.39, 0.29) is 5.75 Å². The second-order valence-electron chi connectivity index (χ2n) is 6.12. The molecule has 0 spiro atoms. The Morgan fingerprint density at radius 3 is 2.67 bits per heavy atom. The van der Waals surface area contributed by atoms with Crippen molar-refractivity contribution in [3.05, 3.63) is 75.2 Å². The molecular weight excluding hydrogens is 428 g/mol. The number of oxazole rings is 1. The van der Waals surface area contributed by atoms with Gasteiger partial charge in [0.1, 0.15) is 11.3 Å². The summed E-state index contributed by atoms with van der Waals surface area (Å²) >= 11 is 9.29. The lowest BCUT2D eigenvalue weighted by atomic mass is 10.1. The van der Waals surface area contributed by atoms with Crippen LogP contribution in [0.15, 0.2) is 68.5 Å². The second-order valence-corrected chi connectivity index (χ2v) is 7.41. The molecule has 3 aromatic carbocycles. The molecule has 0 saturated heterocycles. The van der Waals surface area contributed by atoms with Crippen LogP contribution >= 0.6 is 27.5 Å². The van der Waals surface area contributed by atoms with Crippen LogP contribution < -0.4 is 0 Å². The molecule has 27 heavy (non-hydrogen) atoms. The third kappa shape index (κ3) is 3.75. The van der Waals surface area contributed by atoms with Gasteiger partial charge in [0.05, 0.1) is 10.2 Å². The first-order chi connectivity index (χ1) is 13.0. The van der Waals surface area contributed by atoms with Crippen LogP contribution in [0.5, 0.6) is 5.75 Å². The van der Waals surface area contributed by atoms with E-state index in [0.29, 0.717) is 32.2 Å². The van der Waals surface area contributed by atoms with Crippen LogP contribution in [0.1, 0.15) is 11.1 Å². The van der Waals surface area contributed by atoms with Gasteiger partial charge in [-0.2, -0.15) is 0 Å². The lowest BCUT2D eigenvalue weighted by Gasteiger charge is -2.02. The molecule has 0 aliphatic heterocycles. The minimum atomic E-state index is 0.0901. The molecule has 4 aromatic rings.